The van der Waals surface area contributed by atoms with Gasteiger partial charge in [-0.2, -0.15) is 4.98 Å². The lowest BCUT2D eigenvalue weighted by Gasteiger charge is -2.17. The zero-order valence-corrected chi connectivity index (χ0v) is 12.2. The van der Waals surface area contributed by atoms with Crippen LogP contribution in [0.4, 0.5) is 5.82 Å². The number of benzene rings is 1. The van der Waals surface area contributed by atoms with Crippen molar-refractivity contribution in [1.82, 2.24) is 9.97 Å². The number of anilines is 1. The summed E-state index contributed by atoms with van der Waals surface area (Å²) in [4.78, 5) is 20.4. The molecular weight excluding hydrogens is 270 g/mol. The van der Waals surface area contributed by atoms with Crippen LogP contribution >= 0.6 is 0 Å². The molecule has 1 aromatic carbocycles. The average molecular weight is 287 g/mol. The van der Waals surface area contributed by atoms with E-state index in [-0.39, 0.29) is 0 Å². The van der Waals surface area contributed by atoms with Gasteiger partial charge < -0.3 is 14.8 Å². The minimum Gasteiger partial charge on any atom is -0.481 e. The molecule has 0 bridgehead atoms. The lowest BCUT2D eigenvalue weighted by Crippen LogP contribution is -2.23. The summed E-state index contributed by atoms with van der Waals surface area (Å²) in [6, 6.07) is 10.3. The van der Waals surface area contributed by atoms with E-state index in [1.165, 1.54) is 14.2 Å². The van der Waals surface area contributed by atoms with Crippen molar-refractivity contribution in [2.45, 2.75) is 13.0 Å². The van der Waals surface area contributed by atoms with Gasteiger partial charge in [0.15, 0.2) is 6.04 Å². The number of nitrogens with zero attached hydrogens (tertiary/aromatic N) is 2. The van der Waals surface area contributed by atoms with Gasteiger partial charge >= 0.3 is 5.97 Å². The minimum atomic E-state index is -0.643. The van der Waals surface area contributed by atoms with Gasteiger partial charge in [-0.25, -0.2) is 9.78 Å². The first-order chi connectivity index (χ1) is 10.1. The summed E-state index contributed by atoms with van der Waals surface area (Å²) >= 11 is 0. The number of hydrogen-bond acceptors (Lipinski definition) is 6. The second-order valence-corrected chi connectivity index (χ2v) is 4.35. The Kier molecular flexibility index (Phi) is 4.71. The van der Waals surface area contributed by atoms with Gasteiger partial charge in [0.1, 0.15) is 11.6 Å². The number of ether oxygens (including phenoxy) is 2. The Morgan fingerprint density at radius 1 is 1.19 bits per heavy atom. The van der Waals surface area contributed by atoms with Crippen LogP contribution < -0.4 is 10.1 Å². The fourth-order valence-electron chi connectivity index (χ4n) is 1.91. The number of methoxy groups -OCH3 is 2. The second kappa shape index (κ2) is 6.69. The third kappa shape index (κ3) is 3.68. The number of nitrogens with one attached hydrogen (secondary N) is 1. The minimum absolute atomic E-state index is 0.392. The summed E-state index contributed by atoms with van der Waals surface area (Å²) < 4.78 is 9.95. The molecule has 1 heterocycles. The Labute approximate surface area is 123 Å². The van der Waals surface area contributed by atoms with Crippen LogP contribution in [0, 0.1) is 6.92 Å². The number of aryl methyl sites for hydroxylation is 1. The molecule has 0 radical (unpaired) electrons. The Hall–Kier alpha value is -2.63. The maximum atomic E-state index is 12.0. The first-order valence-electron chi connectivity index (χ1n) is 6.43. The number of carbonyl (C=O) groups is 1. The standard InChI is InChI=1S/C15H17N3O3/c1-10-16-12(9-13(17-10)20-2)18-14(15(19)21-3)11-7-5-4-6-8-11/h4-9,14H,1-3H3,(H,16,17,18). The van der Waals surface area contributed by atoms with E-state index in [1.54, 1.807) is 13.0 Å². The molecule has 0 fully saturated rings. The fraction of sp³-hybridized carbons (Fsp3) is 0.267. The number of esters is 1. The molecule has 21 heavy (non-hydrogen) atoms. The predicted octanol–water partition coefficient (Wildman–Crippen LogP) is 2.12. The number of aromatic nitrogens is 2. The highest BCUT2D eigenvalue weighted by Crippen LogP contribution is 2.21. The van der Waals surface area contributed by atoms with E-state index in [1.807, 2.05) is 30.3 Å². The maximum absolute atomic E-state index is 12.0. The van der Waals surface area contributed by atoms with Crippen LogP contribution in [0.1, 0.15) is 17.4 Å². The van der Waals surface area contributed by atoms with E-state index in [4.69, 9.17) is 9.47 Å². The van der Waals surface area contributed by atoms with E-state index in [0.29, 0.717) is 17.5 Å². The SMILES string of the molecule is COC(=O)C(Nc1cc(OC)nc(C)n1)c1ccccc1. The van der Waals surface area contributed by atoms with Crippen LogP contribution in [-0.4, -0.2) is 30.2 Å². The summed E-state index contributed by atoms with van der Waals surface area (Å²) in [6.07, 6.45) is 0. The smallest absolute Gasteiger partial charge is 0.333 e. The fourth-order valence-corrected chi connectivity index (χ4v) is 1.91. The Bertz CT molecular complexity index is 617. The van der Waals surface area contributed by atoms with E-state index in [9.17, 15) is 4.79 Å². The third-order valence-electron chi connectivity index (χ3n) is 2.89. The van der Waals surface area contributed by atoms with Gasteiger partial charge in [0, 0.05) is 6.07 Å². The molecule has 0 aliphatic carbocycles. The number of rotatable bonds is 5. The van der Waals surface area contributed by atoms with Crippen molar-refractivity contribution >= 4 is 11.8 Å². The molecular formula is C15H17N3O3. The Morgan fingerprint density at radius 3 is 2.52 bits per heavy atom. The topological polar surface area (TPSA) is 73.3 Å². The van der Waals surface area contributed by atoms with Crippen molar-refractivity contribution in [3.8, 4) is 5.88 Å². The molecule has 1 aromatic heterocycles. The lowest BCUT2D eigenvalue weighted by atomic mass is 10.1. The van der Waals surface area contributed by atoms with Crippen LogP contribution in [-0.2, 0) is 9.53 Å². The van der Waals surface area contributed by atoms with Crippen LogP contribution in [0.3, 0.4) is 0 Å². The molecule has 6 heteroatoms. The van der Waals surface area contributed by atoms with Crippen molar-refractivity contribution in [2.75, 3.05) is 19.5 Å². The molecule has 0 aliphatic rings. The zero-order valence-electron chi connectivity index (χ0n) is 12.2. The summed E-state index contributed by atoms with van der Waals surface area (Å²) in [6.45, 7) is 1.75. The highest BCUT2D eigenvalue weighted by atomic mass is 16.5. The van der Waals surface area contributed by atoms with Gasteiger partial charge in [0.05, 0.1) is 14.2 Å². The van der Waals surface area contributed by atoms with Crippen molar-refractivity contribution in [2.24, 2.45) is 0 Å². The number of hydrogen-bond donors (Lipinski definition) is 1. The van der Waals surface area contributed by atoms with Crippen molar-refractivity contribution in [1.29, 1.82) is 0 Å². The van der Waals surface area contributed by atoms with E-state index in [2.05, 4.69) is 15.3 Å². The van der Waals surface area contributed by atoms with Gasteiger partial charge in [-0.05, 0) is 12.5 Å². The van der Waals surface area contributed by atoms with E-state index in [0.717, 1.165) is 5.56 Å². The first-order valence-corrected chi connectivity index (χ1v) is 6.43. The predicted molar refractivity (Wildman–Crippen MR) is 78.1 cm³/mol. The monoisotopic (exact) mass is 287 g/mol. The summed E-state index contributed by atoms with van der Waals surface area (Å²) in [7, 11) is 2.88. The largest absolute Gasteiger partial charge is 0.481 e. The Morgan fingerprint density at radius 2 is 1.90 bits per heavy atom. The molecule has 0 saturated carbocycles. The summed E-state index contributed by atoms with van der Waals surface area (Å²) in [5.41, 5.74) is 0.791. The molecule has 6 nitrogen and oxygen atoms in total. The normalized spacial score (nSPS) is 11.6. The molecule has 0 aliphatic heterocycles. The molecule has 110 valence electrons. The molecule has 2 rings (SSSR count). The van der Waals surface area contributed by atoms with Crippen molar-refractivity contribution < 1.29 is 14.3 Å². The first kappa shape index (κ1) is 14.8. The molecule has 1 N–H and O–H groups in total. The van der Waals surface area contributed by atoms with Gasteiger partial charge in [0.2, 0.25) is 5.88 Å². The molecule has 1 atom stereocenters. The lowest BCUT2D eigenvalue weighted by molar-refractivity contribution is -0.141. The second-order valence-electron chi connectivity index (χ2n) is 4.35. The highest BCUT2D eigenvalue weighted by Gasteiger charge is 2.22. The highest BCUT2D eigenvalue weighted by molar-refractivity contribution is 5.80. The summed E-state index contributed by atoms with van der Waals surface area (Å²) in [5.74, 6) is 1.09. The number of carbonyl (C=O) groups excluding carboxylic acids is 1. The van der Waals surface area contributed by atoms with Crippen molar-refractivity contribution in [3.05, 3.63) is 47.8 Å². The Balaban J connectivity index is 2.31. The van der Waals surface area contributed by atoms with Gasteiger partial charge in [-0.15, -0.1) is 0 Å². The molecule has 0 spiro atoms. The van der Waals surface area contributed by atoms with Crippen LogP contribution in [0.15, 0.2) is 36.4 Å². The summed E-state index contributed by atoms with van der Waals surface area (Å²) in [5, 5.41) is 3.06. The maximum Gasteiger partial charge on any atom is 0.333 e. The van der Waals surface area contributed by atoms with E-state index < -0.39 is 12.0 Å². The van der Waals surface area contributed by atoms with Crippen LogP contribution in [0.2, 0.25) is 0 Å². The zero-order chi connectivity index (χ0) is 15.2. The van der Waals surface area contributed by atoms with Crippen molar-refractivity contribution in [3.63, 3.8) is 0 Å². The van der Waals surface area contributed by atoms with Gasteiger partial charge in [0.25, 0.3) is 0 Å². The van der Waals surface area contributed by atoms with E-state index >= 15 is 0 Å². The van der Waals surface area contributed by atoms with Gasteiger partial charge in [-0.1, -0.05) is 30.3 Å². The van der Waals surface area contributed by atoms with Crippen LogP contribution in [0.25, 0.3) is 0 Å². The molecule has 1 unspecified atom stereocenters. The molecule has 0 saturated heterocycles. The third-order valence-corrected chi connectivity index (χ3v) is 2.89. The van der Waals surface area contributed by atoms with Gasteiger partial charge in [-0.3, -0.25) is 0 Å². The molecule has 2 aromatic rings. The average Bonchev–Trinajstić information content (AvgIpc) is 2.52. The quantitative estimate of drug-likeness (QED) is 0.849. The van der Waals surface area contributed by atoms with Crippen LogP contribution in [0.5, 0.6) is 5.88 Å². The molecule has 0 amide bonds.